The number of unbranched alkanes of at least 4 members (excludes halogenated alkanes) is 16. The molecule has 0 N–H and O–H groups in total. The van der Waals surface area contributed by atoms with E-state index >= 15 is 0 Å². The molecule has 0 aromatic carbocycles. The van der Waals surface area contributed by atoms with Crippen LogP contribution in [0.2, 0.25) is 0 Å². The molecule has 0 saturated heterocycles. The zero-order chi connectivity index (χ0) is 28.7. The highest BCUT2D eigenvalue weighted by Crippen LogP contribution is 2.19. The molecule has 0 aliphatic carbocycles. The Bertz CT molecular complexity index is 330. The van der Waals surface area contributed by atoms with E-state index in [-0.39, 0.29) is 0 Å². The smallest absolute Gasteiger partial charge is 0.0351 e. The minimum atomic E-state index is 0.950. The molecule has 0 aliphatic rings. The fourth-order valence-corrected chi connectivity index (χ4v) is 4.18. The van der Waals surface area contributed by atoms with Crippen molar-refractivity contribution >= 4 is 0 Å². The van der Waals surface area contributed by atoms with Crippen LogP contribution >= 0.6 is 0 Å². The number of allylic oxidation sites excluding steroid dienone is 4. The van der Waals surface area contributed by atoms with Gasteiger partial charge < -0.3 is 0 Å². The maximum Gasteiger partial charge on any atom is -0.0351 e. The van der Waals surface area contributed by atoms with Crippen LogP contribution in [0.1, 0.15) is 210 Å². The van der Waals surface area contributed by atoms with Gasteiger partial charge in [0.1, 0.15) is 0 Å². The Kier molecular flexibility index (Phi) is 57.1. The second kappa shape index (κ2) is 48.5. The monoisotopic (exact) mass is 523 g/mol. The molecule has 0 saturated carbocycles. The molecular formula is C37H78. The van der Waals surface area contributed by atoms with Gasteiger partial charge in [0.05, 0.1) is 0 Å². The van der Waals surface area contributed by atoms with Crippen LogP contribution in [0.25, 0.3) is 0 Å². The number of rotatable bonds is 24. The number of hydrogen-bond donors (Lipinski definition) is 0. The van der Waals surface area contributed by atoms with Crippen molar-refractivity contribution in [1.82, 2.24) is 0 Å². The highest BCUT2D eigenvalue weighted by Gasteiger charge is 2.02. The molecule has 0 heteroatoms. The molecule has 0 fully saturated rings. The summed E-state index contributed by atoms with van der Waals surface area (Å²) < 4.78 is 0. The van der Waals surface area contributed by atoms with E-state index in [1.807, 2.05) is 27.7 Å². The van der Waals surface area contributed by atoms with E-state index in [0.29, 0.717) is 0 Å². The fourth-order valence-electron chi connectivity index (χ4n) is 4.18. The van der Waals surface area contributed by atoms with E-state index in [1.165, 1.54) is 148 Å². The van der Waals surface area contributed by atoms with Crippen LogP contribution in [0.3, 0.4) is 0 Å². The van der Waals surface area contributed by atoms with E-state index in [2.05, 4.69) is 58.9 Å². The molecule has 0 spiro atoms. The molecule has 0 radical (unpaired) electrons. The summed E-state index contributed by atoms with van der Waals surface area (Å²) in [6.07, 6.45) is 41.6. The molecule has 37 heavy (non-hydrogen) atoms. The van der Waals surface area contributed by atoms with Gasteiger partial charge in [-0.05, 0) is 44.4 Å². The summed E-state index contributed by atoms with van der Waals surface area (Å²) in [7, 11) is 0. The average molecular weight is 523 g/mol. The van der Waals surface area contributed by atoms with E-state index in [0.717, 1.165) is 5.92 Å². The Balaban J connectivity index is -0.000000703. The average Bonchev–Trinajstić information content (AvgIpc) is 2.92. The second-order valence-electron chi connectivity index (χ2n) is 10.4. The molecule has 0 rings (SSSR count). The van der Waals surface area contributed by atoms with Crippen molar-refractivity contribution < 1.29 is 0 Å². The van der Waals surface area contributed by atoms with Gasteiger partial charge in [0, 0.05) is 0 Å². The summed E-state index contributed by atoms with van der Waals surface area (Å²) in [5.41, 5.74) is 0. The Hall–Kier alpha value is -0.520. The Morgan fingerprint density at radius 3 is 0.919 bits per heavy atom. The lowest BCUT2D eigenvalue weighted by Gasteiger charge is -2.11. The van der Waals surface area contributed by atoms with Gasteiger partial charge in [0.15, 0.2) is 0 Å². The molecule has 226 valence electrons. The first-order valence-corrected chi connectivity index (χ1v) is 17.5. The SMILES string of the molecule is CC.CC.CCC.CCCC/C=C/CCCCCCCCC(C)CCCCCCCC/C=C/CCCC. The highest BCUT2D eigenvalue weighted by molar-refractivity contribution is 4.81. The molecule has 0 aliphatic heterocycles. The van der Waals surface area contributed by atoms with Crippen LogP contribution in [-0.4, -0.2) is 0 Å². The lowest BCUT2D eigenvalue weighted by Crippen LogP contribution is -1.95. The highest BCUT2D eigenvalue weighted by atomic mass is 14.1. The van der Waals surface area contributed by atoms with Crippen LogP contribution in [-0.2, 0) is 0 Å². The van der Waals surface area contributed by atoms with Crippen LogP contribution in [0.4, 0.5) is 0 Å². The lowest BCUT2D eigenvalue weighted by molar-refractivity contribution is 0.431. The van der Waals surface area contributed by atoms with Gasteiger partial charge in [-0.2, -0.15) is 0 Å². The zero-order valence-electron chi connectivity index (χ0n) is 28.2. The number of hydrogen-bond acceptors (Lipinski definition) is 0. The summed E-state index contributed by atoms with van der Waals surface area (Å²) in [4.78, 5) is 0. The Morgan fingerprint density at radius 2 is 0.622 bits per heavy atom. The lowest BCUT2D eigenvalue weighted by atomic mass is 9.96. The van der Waals surface area contributed by atoms with Gasteiger partial charge in [-0.25, -0.2) is 0 Å². The zero-order valence-corrected chi connectivity index (χ0v) is 28.2. The van der Waals surface area contributed by atoms with Crippen LogP contribution in [0.5, 0.6) is 0 Å². The van der Waals surface area contributed by atoms with E-state index < -0.39 is 0 Å². The minimum Gasteiger partial charge on any atom is -0.0885 e. The molecule has 0 amide bonds. The van der Waals surface area contributed by atoms with Gasteiger partial charge in [-0.3, -0.25) is 0 Å². The first-order valence-electron chi connectivity index (χ1n) is 17.5. The molecule has 0 aromatic rings. The van der Waals surface area contributed by atoms with Crippen molar-refractivity contribution in [3.05, 3.63) is 24.3 Å². The molecular weight excluding hydrogens is 444 g/mol. The van der Waals surface area contributed by atoms with E-state index in [1.54, 1.807) is 0 Å². The third-order valence-electron chi connectivity index (χ3n) is 6.42. The fraction of sp³-hybridized carbons (Fsp3) is 0.892. The predicted molar refractivity (Wildman–Crippen MR) is 179 cm³/mol. The standard InChI is InChI=1S/C30H58.C3H8.2C2H6/c1-4-6-8-10-12-14-16-18-20-22-24-26-28-30(3)29-27-25-23-21-19-17-15-13-11-9-7-5-2;1-3-2;2*1-2/h10-13,30H,4-9,14-29H2,1-3H3;3H2,1-2H3;2*1-2H3/b12-10+,13-11+;;;. The van der Waals surface area contributed by atoms with Gasteiger partial charge in [-0.1, -0.05) is 196 Å². The van der Waals surface area contributed by atoms with Gasteiger partial charge >= 0.3 is 0 Å². The third-order valence-corrected chi connectivity index (χ3v) is 6.42. The first-order chi connectivity index (χ1) is 18.2. The molecule has 0 aromatic heterocycles. The van der Waals surface area contributed by atoms with Gasteiger partial charge in [-0.15, -0.1) is 0 Å². The molecule has 0 unspecified atom stereocenters. The van der Waals surface area contributed by atoms with Crippen molar-refractivity contribution in [2.45, 2.75) is 210 Å². The van der Waals surface area contributed by atoms with E-state index in [4.69, 9.17) is 0 Å². The van der Waals surface area contributed by atoms with Crippen molar-refractivity contribution in [2.24, 2.45) is 5.92 Å². The largest absolute Gasteiger partial charge is 0.0885 e. The van der Waals surface area contributed by atoms with Crippen molar-refractivity contribution in [3.8, 4) is 0 Å². The topological polar surface area (TPSA) is 0 Å². The summed E-state index contributed by atoms with van der Waals surface area (Å²) in [5, 5.41) is 0. The van der Waals surface area contributed by atoms with Crippen LogP contribution in [0.15, 0.2) is 24.3 Å². The summed E-state index contributed by atoms with van der Waals surface area (Å²) in [6, 6.07) is 0. The van der Waals surface area contributed by atoms with Crippen LogP contribution in [0, 0.1) is 5.92 Å². The quantitative estimate of drug-likeness (QED) is 0.0873. The summed E-state index contributed by atoms with van der Waals surface area (Å²) >= 11 is 0. The van der Waals surface area contributed by atoms with Crippen molar-refractivity contribution in [2.75, 3.05) is 0 Å². The molecule has 0 bridgehead atoms. The van der Waals surface area contributed by atoms with Crippen LogP contribution < -0.4 is 0 Å². The summed E-state index contributed by atoms with van der Waals surface area (Å²) in [6.45, 7) is 19.3. The normalized spacial score (nSPS) is 10.6. The predicted octanol–water partition coefficient (Wildman–Crippen LogP) is 14.8. The second-order valence-corrected chi connectivity index (χ2v) is 10.4. The maximum atomic E-state index is 2.48. The van der Waals surface area contributed by atoms with Crippen molar-refractivity contribution in [3.63, 3.8) is 0 Å². The summed E-state index contributed by atoms with van der Waals surface area (Å²) in [5.74, 6) is 0.950. The van der Waals surface area contributed by atoms with E-state index in [9.17, 15) is 0 Å². The molecule has 0 heterocycles. The Labute approximate surface area is 240 Å². The molecule has 0 nitrogen and oxygen atoms in total. The minimum absolute atomic E-state index is 0.950. The molecule has 0 atom stereocenters. The van der Waals surface area contributed by atoms with Crippen molar-refractivity contribution in [1.29, 1.82) is 0 Å². The van der Waals surface area contributed by atoms with Gasteiger partial charge in [0.25, 0.3) is 0 Å². The third kappa shape index (κ3) is 52.7. The Morgan fingerprint density at radius 1 is 0.378 bits per heavy atom. The maximum absolute atomic E-state index is 2.48. The first kappa shape index (κ1) is 43.5. The van der Waals surface area contributed by atoms with Gasteiger partial charge in [0.2, 0.25) is 0 Å².